The SMILES string of the molecule is C#CCN1C(=O)[C@H](OC)[C@@H]1/C=C(\C)C(=C)OS(C)(=O)=O. The summed E-state index contributed by atoms with van der Waals surface area (Å²) in [7, 11) is -2.21. The van der Waals surface area contributed by atoms with Crippen molar-refractivity contribution in [2.45, 2.75) is 19.1 Å². The van der Waals surface area contributed by atoms with Gasteiger partial charge in [-0.05, 0) is 12.5 Å². The molecule has 0 radical (unpaired) electrons. The first-order valence-corrected chi connectivity index (χ1v) is 7.56. The minimum Gasteiger partial charge on any atom is -0.383 e. The highest BCUT2D eigenvalue weighted by molar-refractivity contribution is 7.86. The number of allylic oxidation sites excluding steroid dienone is 1. The van der Waals surface area contributed by atoms with Gasteiger partial charge in [-0.2, -0.15) is 8.42 Å². The van der Waals surface area contributed by atoms with Crippen LogP contribution in [0.5, 0.6) is 0 Å². The number of nitrogens with zero attached hydrogens (tertiary/aromatic N) is 1. The topological polar surface area (TPSA) is 72.9 Å². The van der Waals surface area contributed by atoms with Crippen LogP contribution in [0.3, 0.4) is 0 Å². The molecule has 0 bridgehead atoms. The van der Waals surface area contributed by atoms with Crippen molar-refractivity contribution in [3.05, 3.63) is 24.0 Å². The van der Waals surface area contributed by atoms with E-state index in [-0.39, 0.29) is 24.3 Å². The predicted octanol–water partition coefficient (Wildman–Crippen LogP) is 0.282. The van der Waals surface area contributed by atoms with Gasteiger partial charge in [-0.15, -0.1) is 6.42 Å². The van der Waals surface area contributed by atoms with Crippen molar-refractivity contribution in [3.63, 3.8) is 0 Å². The van der Waals surface area contributed by atoms with E-state index in [1.165, 1.54) is 12.0 Å². The molecule has 20 heavy (non-hydrogen) atoms. The Bertz CT molecular complexity index is 584. The van der Waals surface area contributed by atoms with Gasteiger partial charge in [-0.3, -0.25) is 4.79 Å². The van der Waals surface area contributed by atoms with Gasteiger partial charge in [-0.25, -0.2) is 0 Å². The minimum atomic E-state index is -3.63. The van der Waals surface area contributed by atoms with Crippen LogP contribution in [0.25, 0.3) is 0 Å². The monoisotopic (exact) mass is 299 g/mol. The van der Waals surface area contributed by atoms with Gasteiger partial charge in [0.1, 0.15) is 5.76 Å². The van der Waals surface area contributed by atoms with E-state index in [0.29, 0.717) is 5.57 Å². The second-order valence-corrected chi connectivity index (χ2v) is 5.95. The summed E-state index contributed by atoms with van der Waals surface area (Å²) < 4.78 is 31.8. The van der Waals surface area contributed by atoms with Crippen molar-refractivity contribution < 1.29 is 22.1 Å². The number of carbonyl (C=O) groups is 1. The van der Waals surface area contributed by atoms with Crippen molar-refractivity contribution >= 4 is 16.0 Å². The Labute approximate surface area is 119 Å². The van der Waals surface area contributed by atoms with Gasteiger partial charge >= 0.3 is 10.1 Å². The molecule has 1 fully saturated rings. The van der Waals surface area contributed by atoms with Crippen LogP contribution in [0.1, 0.15) is 6.92 Å². The molecule has 0 aromatic carbocycles. The Balaban J connectivity index is 2.87. The molecule has 0 aromatic heterocycles. The summed E-state index contributed by atoms with van der Waals surface area (Å²) in [5, 5.41) is 0. The lowest BCUT2D eigenvalue weighted by Crippen LogP contribution is -2.64. The van der Waals surface area contributed by atoms with Crippen LogP contribution in [0.2, 0.25) is 0 Å². The number of β-lactam (4-membered cyclic amide) rings is 1. The van der Waals surface area contributed by atoms with Gasteiger partial charge in [0.05, 0.1) is 18.8 Å². The van der Waals surface area contributed by atoms with E-state index in [1.807, 2.05) is 0 Å². The van der Waals surface area contributed by atoms with Crippen molar-refractivity contribution in [3.8, 4) is 12.3 Å². The van der Waals surface area contributed by atoms with Crippen molar-refractivity contribution in [2.75, 3.05) is 19.9 Å². The molecule has 110 valence electrons. The Morgan fingerprint density at radius 2 is 2.20 bits per heavy atom. The quantitative estimate of drug-likeness (QED) is 0.232. The molecule has 7 heteroatoms. The lowest BCUT2D eigenvalue weighted by atomic mass is 9.95. The summed E-state index contributed by atoms with van der Waals surface area (Å²) in [5.74, 6) is 2.19. The molecule has 1 aliphatic rings. The van der Waals surface area contributed by atoms with Crippen LogP contribution < -0.4 is 0 Å². The number of methoxy groups -OCH3 is 1. The Hall–Kier alpha value is -1.78. The largest absolute Gasteiger partial charge is 0.383 e. The van der Waals surface area contributed by atoms with Gasteiger partial charge in [0.15, 0.2) is 6.10 Å². The van der Waals surface area contributed by atoms with E-state index in [1.54, 1.807) is 13.0 Å². The third-order valence-electron chi connectivity index (χ3n) is 2.82. The van der Waals surface area contributed by atoms with Gasteiger partial charge in [0.2, 0.25) is 0 Å². The summed E-state index contributed by atoms with van der Waals surface area (Å²) in [6.07, 6.45) is 7.16. The maximum atomic E-state index is 11.7. The zero-order valence-corrected chi connectivity index (χ0v) is 12.4. The first-order valence-electron chi connectivity index (χ1n) is 5.75. The normalized spacial score (nSPS) is 23.0. The maximum absolute atomic E-state index is 11.7. The smallest absolute Gasteiger partial charge is 0.306 e. The molecule has 1 rings (SSSR count). The van der Waals surface area contributed by atoms with Gasteiger partial charge in [0.25, 0.3) is 5.91 Å². The van der Waals surface area contributed by atoms with Crippen LogP contribution in [-0.2, 0) is 23.8 Å². The molecule has 6 nitrogen and oxygen atoms in total. The number of carbonyl (C=O) groups excluding carboxylic acids is 1. The molecule has 0 unspecified atom stereocenters. The summed E-state index contributed by atoms with van der Waals surface area (Å²) in [5.41, 5.74) is 0.497. The van der Waals surface area contributed by atoms with E-state index in [2.05, 4.69) is 16.7 Å². The molecule has 1 amide bonds. The molecule has 1 saturated heterocycles. The molecular weight excluding hydrogens is 282 g/mol. The molecule has 0 aliphatic carbocycles. The second kappa shape index (κ2) is 6.11. The van der Waals surface area contributed by atoms with Gasteiger partial charge in [-0.1, -0.05) is 18.6 Å². The van der Waals surface area contributed by atoms with E-state index >= 15 is 0 Å². The van der Waals surface area contributed by atoms with Crippen molar-refractivity contribution in [1.29, 1.82) is 0 Å². The van der Waals surface area contributed by atoms with Gasteiger partial charge in [0, 0.05) is 7.11 Å². The van der Waals surface area contributed by atoms with E-state index in [9.17, 15) is 13.2 Å². The third kappa shape index (κ3) is 3.62. The standard InChI is InChI=1S/C13H17NO5S/c1-6-7-14-11(12(18-4)13(14)15)8-9(2)10(3)19-20(5,16)17/h1,8,11-12H,3,7H2,2,4-5H3/b9-8+/t11-,12+/m0/s1. The molecule has 1 aliphatic heterocycles. The van der Waals surface area contributed by atoms with Crippen LogP contribution >= 0.6 is 0 Å². The Morgan fingerprint density at radius 3 is 2.65 bits per heavy atom. The summed E-state index contributed by atoms with van der Waals surface area (Å²) in [4.78, 5) is 13.1. The zero-order chi connectivity index (χ0) is 15.5. The first kappa shape index (κ1) is 16.3. The molecule has 0 saturated carbocycles. The van der Waals surface area contributed by atoms with Crippen LogP contribution in [0.15, 0.2) is 24.0 Å². The van der Waals surface area contributed by atoms with Crippen molar-refractivity contribution in [2.24, 2.45) is 0 Å². The highest BCUT2D eigenvalue weighted by Crippen LogP contribution is 2.26. The number of terminal acetylenes is 1. The number of hydrogen-bond donors (Lipinski definition) is 0. The lowest BCUT2D eigenvalue weighted by Gasteiger charge is -2.44. The molecule has 0 aromatic rings. The highest BCUT2D eigenvalue weighted by Gasteiger charge is 2.46. The molecular formula is C13H17NO5S. The average Bonchev–Trinajstić information content (AvgIpc) is 2.33. The molecule has 2 atom stereocenters. The fourth-order valence-electron chi connectivity index (χ4n) is 1.83. The average molecular weight is 299 g/mol. The fourth-order valence-corrected chi connectivity index (χ4v) is 2.33. The lowest BCUT2D eigenvalue weighted by molar-refractivity contribution is -0.164. The number of rotatable bonds is 6. The Kier molecular flexibility index (Phi) is 4.98. The fraction of sp³-hybridized carbons (Fsp3) is 0.462. The van der Waals surface area contributed by atoms with E-state index in [0.717, 1.165) is 6.26 Å². The van der Waals surface area contributed by atoms with E-state index in [4.69, 9.17) is 11.2 Å². The predicted molar refractivity (Wildman–Crippen MR) is 74.0 cm³/mol. The second-order valence-electron chi connectivity index (χ2n) is 4.38. The number of ether oxygens (including phenoxy) is 1. The zero-order valence-electron chi connectivity index (χ0n) is 11.6. The molecule has 1 heterocycles. The summed E-state index contributed by atoms with van der Waals surface area (Å²) in [6, 6.07) is -0.358. The van der Waals surface area contributed by atoms with Crippen LogP contribution in [0.4, 0.5) is 0 Å². The molecule has 0 spiro atoms. The summed E-state index contributed by atoms with van der Waals surface area (Å²) >= 11 is 0. The highest BCUT2D eigenvalue weighted by atomic mass is 32.2. The third-order valence-corrected chi connectivity index (χ3v) is 3.33. The number of hydrogen-bond acceptors (Lipinski definition) is 5. The summed E-state index contributed by atoms with van der Waals surface area (Å²) in [6.45, 7) is 5.33. The first-order chi connectivity index (χ1) is 9.21. The van der Waals surface area contributed by atoms with Crippen LogP contribution in [-0.4, -0.2) is 51.3 Å². The van der Waals surface area contributed by atoms with E-state index < -0.39 is 16.2 Å². The number of likely N-dealkylation sites (tertiary alicyclic amines) is 1. The Morgan fingerprint density at radius 1 is 1.60 bits per heavy atom. The van der Waals surface area contributed by atoms with Crippen LogP contribution in [0, 0.1) is 12.3 Å². The minimum absolute atomic E-state index is 0.00218. The number of amides is 1. The van der Waals surface area contributed by atoms with Crippen molar-refractivity contribution in [1.82, 2.24) is 4.90 Å². The maximum Gasteiger partial charge on any atom is 0.306 e. The van der Waals surface area contributed by atoms with Gasteiger partial charge < -0.3 is 13.8 Å². The molecule has 0 N–H and O–H groups in total.